The molecule has 8 heteroatoms. The molecule has 0 radical (unpaired) electrons. The van der Waals surface area contributed by atoms with E-state index >= 15 is 0 Å². The number of aryl methyl sites for hydroxylation is 2. The van der Waals surface area contributed by atoms with Gasteiger partial charge in [0, 0.05) is 38.6 Å². The summed E-state index contributed by atoms with van der Waals surface area (Å²) in [5.41, 5.74) is 0.417. The summed E-state index contributed by atoms with van der Waals surface area (Å²) in [7, 11) is 3.74. The Kier molecular flexibility index (Phi) is 10.6. The first-order valence-corrected chi connectivity index (χ1v) is 14.3. The van der Waals surface area contributed by atoms with Crippen molar-refractivity contribution in [2.75, 3.05) is 27.2 Å². The maximum absolute atomic E-state index is 11.6. The minimum atomic E-state index is -1.34. The Morgan fingerprint density at radius 2 is 1.92 bits per heavy atom. The van der Waals surface area contributed by atoms with E-state index in [4.69, 9.17) is 4.42 Å². The van der Waals surface area contributed by atoms with E-state index in [9.17, 15) is 15.3 Å². The fourth-order valence-electron chi connectivity index (χ4n) is 5.87. The minimum absolute atomic E-state index is 0.0913. The van der Waals surface area contributed by atoms with E-state index in [1.807, 2.05) is 27.7 Å². The molecular formula is C31H55N4O4+. The van der Waals surface area contributed by atoms with Gasteiger partial charge in [0.15, 0.2) is 5.89 Å². The Bertz CT molecular complexity index is 1050. The van der Waals surface area contributed by atoms with Crippen molar-refractivity contribution in [1.82, 2.24) is 9.88 Å². The molecule has 2 rings (SSSR count). The van der Waals surface area contributed by atoms with Crippen molar-refractivity contribution in [1.29, 1.82) is 0 Å². The van der Waals surface area contributed by atoms with Gasteiger partial charge in [-0.2, -0.15) is 0 Å². The Hall–Kier alpha value is -1.84. The molecule has 7 unspecified atom stereocenters. The van der Waals surface area contributed by atoms with Crippen molar-refractivity contribution in [2.24, 2.45) is 16.3 Å². The highest BCUT2D eigenvalue weighted by molar-refractivity contribution is 5.58. The molecule has 0 spiro atoms. The van der Waals surface area contributed by atoms with Crippen LogP contribution in [0.3, 0.4) is 0 Å². The van der Waals surface area contributed by atoms with E-state index in [-0.39, 0.29) is 11.8 Å². The van der Waals surface area contributed by atoms with Crippen LogP contribution in [0.15, 0.2) is 33.7 Å². The third-order valence-corrected chi connectivity index (χ3v) is 9.66. The van der Waals surface area contributed by atoms with Crippen molar-refractivity contribution in [3.8, 4) is 0 Å². The fraction of sp³-hybridized carbons (Fsp3) is 0.742. The zero-order valence-corrected chi connectivity index (χ0v) is 26.2. The quantitative estimate of drug-likeness (QED) is 0.113. The molecule has 1 heterocycles. The number of rotatable bonds is 16. The second kappa shape index (κ2) is 12.4. The molecule has 7 atom stereocenters. The Morgan fingerprint density at radius 1 is 1.31 bits per heavy atom. The molecule has 1 aromatic heterocycles. The molecule has 8 nitrogen and oxygen atoms in total. The largest absolute Gasteiger partial charge is 0.437 e. The standard InChI is InChI=1S/C31H55N4O4/c1-13-30(9,21(3)4)34(31(10,38)15-17-32-11)27(36)22(5)19-25-20-29(25,8)16-18-35(12,14-2)28(37)26-23(6)33-24(7)39-26/h17,25,27-28,36-38H,3,5,13-16,18-20H2,1-2,4,6-12H3/q+1. The smallest absolute Gasteiger partial charge is 0.252 e. The summed E-state index contributed by atoms with van der Waals surface area (Å²) in [6.45, 7) is 25.8. The summed E-state index contributed by atoms with van der Waals surface area (Å²) in [4.78, 5) is 10.2. The van der Waals surface area contributed by atoms with Crippen LogP contribution in [-0.2, 0) is 0 Å². The molecule has 1 saturated carbocycles. The third kappa shape index (κ3) is 7.09. The SMILES string of the molecule is C=C(CC1CC1(C)CC[N+](C)(CC)C(O)c1oc(C)nc1C)C(O)N(C(C)(O)CC=NC)C(C)(CC)C(=C)C. The van der Waals surface area contributed by atoms with Crippen molar-refractivity contribution < 1.29 is 24.2 Å². The number of nitrogens with zero attached hydrogens (tertiary/aromatic N) is 4. The number of aliphatic hydroxyl groups excluding tert-OH is 2. The lowest BCUT2D eigenvalue weighted by molar-refractivity contribution is -0.961. The topological polar surface area (TPSA) is 102 Å². The van der Waals surface area contributed by atoms with Crippen LogP contribution in [0, 0.1) is 25.2 Å². The molecule has 1 aliphatic carbocycles. The third-order valence-electron chi connectivity index (χ3n) is 9.66. The zero-order valence-electron chi connectivity index (χ0n) is 26.2. The molecule has 0 amide bonds. The van der Waals surface area contributed by atoms with E-state index in [1.54, 1.807) is 32.0 Å². The number of hydrogen-bond acceptors (Lipinski definition) is 7. The zero-order chi connectivity index (χ0) is 30.0. The van der Waals surface area contributed by atoms with E-state index in [1.165, 1.54) is 0 Å². The van der Waals surface area contributed by atoms with Crippen LogP contribution in [0.5, 0.6) is 0 Å². The maximum atomic E-state index is 11.6. The summed E-state index contributed by atoms with van der Waals surface area (Å²) < 4.78 is 6.19. The predicted molar refractivity (Wildman–Crippen MR) is 158 cm³/mol. The van der Waals surface area contributed by atoms with Crippen molar-refractivity contribution in [3.05, 3.63) is 41.6 Å². The van der Waals surface area contributed by atoms with E-state index in [0.717, 1.165) is 37.2 Å². The van der Waals surface area contributed by atoms with Crippen molar-refractivity contribution in [3.63, 3.8) is 0 Å². The van der Waals surface area contributed by atoms with Crippen LogP contribution in [0.4, 0.5) is 0 Å². The molecular weight excluding hydrogens is 492 g/mol. The lowest BCUT2D eigenvalue weighted by Crippen LogP contribution is -2.63. The van der Waals surface area contributed by atoms with Crippen LogP contribution < -0.4 is 0 Å². The molecule has 1 aliphatic rings. The normalized spacial score (nSPS) is 25.6. The first-order valence-electron chi connectivity index (χ1n) is 14.3. The Labute approximate surface area is 236 Å². The Balaban J connectivity index is 2.16. The second-order valence-corrected chi connectivity index (χ2v) is 12.8. The monoisotopic (exact) mass is 547 g/mol. The molecule has 0 aliphatic heterocycles. The summed E-state index contributed by atoms with van der Waals surface area (Å²) >= 11 is 0. The number of aliphatic imine (C=N–C) groups is 1. The lowest BCUT2D eigenvalue weighted by atomic mass is 9.84. The van der Waals surface area contributed by atoms with Crippen molar-refractivity contribution >= 4 is 6.21 Å². The van der Waals surface area contributed by atoms with E-state index in [0.29, 0.717) is 40.5 Å². The van der Waals surface area contributed by atoms with Gasteiger partial charge < -0.3 is 24.7 Å². The van der Waals surface area contributed by atoms with Gasteiger partial charge in [-0.25, -0.2) is 9.88 Å². The van der Waals surface area contributed by atoms with Gasteiger partial charge in [-0.3, -0.25) is 4.48 Å². The van der Waals surface area contributed by atoms with Crippen LogP contribution in [0.1, 0.15) is 97.2 Å². The van der Waals surface area contributed by atoms with Crippen LogP contribution in [-0.4, -0.2) is 80.6 Å². The number of oxazole rings is 1. The van der Waals surface area contributed by atoms with Gasteiger partial charge in [0.25, 0.3) is 6.23 Å². The van der Waals surface area contributed by atoms with Gasteiger partial charge in [-0.1, -0.05) is 32.6 Å². The first-order chi connectivity index (χ1) is 17.9. The van der Waals surface area contributed by atoms with Crippen molar-refractivity contribution in [2.45, 2.75) is 111 Å². The van der Waals surface area contributed by atoms with Crippen LogP contribution in [0.2, 0.25) is 0 Å². The molecule has 3 N–H and O–H groups in total. The lowest BCUT2D eigenvalue weighted by Gasteiger charge is -2.51. The average Bonchev–Trinajstić information content (AvgIpc) is 3.38. The molecule has 39 heavy (non-hydrogen) atoms. The fourth-order valence-corrected chi connectivity index (χ4v) is 5.87. The molecule has 0 saturated heterocycles. The van der Waals surface area contributed by atoms with Crippen LogP contribution >= 0.6 is 0 Å². The van der Waals surface area contributed by atoms with Gasteiger partial charge in [0.05, 0.1) is 25.8 Å². The number of quaternary nitrogens is 1. The van der Waals surface area contributed by atoms with Gasteiger partial charge in [0.1, 0.15) is 12.0 Å². The van der Waals surface area contributed by atoms with E-state index < -0.39 is 23.7 Å². The summed E-state index contributed by atoms with van der Waals surface area (Å²) in [5, 5.41) is 34.4. The molecule has 0 bridgehead atoms. The molecule has 1 aromatic rings. The average molecular weight is 548 g/mol. The summed E-state index contributed by atoms with van der Waals surface area (Å²) in [5.74, 6) is 1.48. The summed E-state index contributed by atoms with van der Waals surface area (Å²) in [6, 6.07) is 0. The Morgan fingerprint density at radius 3 is 2.38 bits per heavy atom. The minimum Gasteiger partial charge on any atom is -0.437 e. The highest BCUT2D eigenvalue weighted by Gasteiger charge is 2.53. The molecule has 222 valence electrons. The highest BCUT2D eigenvalue weighted by atomic mass is 16.4. The predicted octanol–water partition coefficient (Wildman–Crippen LogP) is 5.28. The molecule has 1 fully saturated rings. The number of hydrogen-bond donors (Lipinski definition) is 3. The van der Waals surface area contributed by atoms with Gasteiger partial charge >= 0.3 is 0 Å². The maximum Gasteiger partial charge on any atom is 0.252 e. The van der Waals surface area contributed by atoms with Gasteiger partial charge in [-0.15, -0.1) is 0 Å². The number of aliphatic hydroxyl groups is 3. The molecule has 0 aromatic carbocycles. The number of aromatic nitrogens is 1. The van der Waals surface area contributed by atoms with Crippen LogP contribution in [0.25, 0.3) is 0 Å². The first kappa shape index (κ1) is 33.4. The second-order valence-electron chi connectivity index (χ2n) is 12.8. The highest BCUT2D eigenvalue weighted by Crippen LogP contribution is 2.58. The van der Waals surface area contributed by atoms with Gasteiger partial charge in [-0.05, 0) is 70.8 Å². The van der Waals surface area contributed by atoms with E-state index in [2.05, 4.69) is 44.0 Å². The van der Waals surface area contributed by atoms with Gasteiger partial charge in [0.2, 0.25) is 5.76 Å². The summed E-state index contributed by atoms with van der Waals surface area (Å²) in [6.07, 6.45) is 3.45.